The summed E-state index contributed by atoms with van der Waals surface area (Å²) in [4.78, 5) is 37.0. The van der Waals surface area contributed by atoms with Crippen molar-refractivity contribution in [1.82, 2.24) is 15.0 Å². The monoisotopic (exact) mass is 434 g/mol. The molecule has 0 aliphatic heterocycles. The maximum atomic E-state index is 12.7. The molecule has 0 spiro atoms. The molecule has 4 rings (SSSR count). The predicted octanol–water partition coefficient (Wildman–Crippen LogP) is 4.85. The third kappa shape index (κ3) is 4.73. The van der Waals surface area contributed by atoms with E-state index < -0.39 is 18.0 Å². The fourth-order valence-electron chi connectivity index (χ4n) is 3.05. The van der Waals surface area contributed by atoms with E-state index in [1.165, 1.54) is 0 Å². The Hall–Kier alpha value is -3.71. The van der Waals surface area contributed by atoms with Gasteiger partial charge in [-0.1, -0.05) is 18.5 Å². The van der Waals surface area contributed by atoms with Gasteiger partial charge in [0, 0.05) is 28.7 Å². The summed E-state index contributed by atoms with van der Waals surface area (Å²) in [6.45, 7) is 1.78. The molecule has 1 unspecified atom stereocenters. The number of benzene rings is 2. The normalized spacial score (nSPS) is 11.8. The standard InChI is InChI=1S/C23H19ClN4O3/c1-2-20(22(29)26-17-8-6-16(24)7-9-17)31-23(30)14-5-10-18-19(12-14)28-21(27-18)15-4-3-11-25-13-15/h3-13,20H,2H2,1H3,(H,26,29)(H,27,28). The lowest BCUT2D eigenvalue weighted by atomic mass is 10.2. The van der Waals surface area contributed by atoms with Crippen LogP contribution in [0.5, 0.6) is 0 Å². The van der Waals surface area contributed by atoms with E-state index in [9.17, 15) is 9.59 Å². The van der Waals surface area contributed by atoms with Gasteiger partial charge >= 0.3 is 5.97 Å². The molecule has 7 nitrogen and oxygen atoms in total. The highest BCUT2D eigenvalue weighted by molar-refractivity contribution is 6.30. The van der Waals surface area contributed by atoms with Crippen molar-refractivity contribution in [1.29, 1.82) is 0 Å². The second kappa shape index (κ2) is 8.97. The first-order valence-corrected chi connectivity index (χ1v) is 10.1. The van der Waals surface area contributed by atoms with Crippen LogP contribution in [0.25, 0.3) is 22.4 Å². The number of nitrogens with zero attached hydrogens (tertiary/aromatic N) is 2. The number of nitrogens with one attached hydrogen (secondary N) is 2. The number of aromatic amines is 1. The Bertz CT molecular complexity index is 1220. The summed E-state index contributed by atoms with van der Waals surface area (Å²) < 4.78 is 5.46. The molecule has 8 heteroatoms. The molecule has 4 aromatic rings. The Kier molecular flexibility index (Phi) is 5.95. The summed E-state index contributed by atoms with van der Waals surface area (Å²) in [7, 11) is 0. The van der Waals surface area contributed by atoms with Gasteiger partial charge in [-0.15, -0.1) is 0 Å². The van der Waals surface area contributed by atoms with Crippen LogP contribution >= 0.6 is 11.6 Å². The van der Waals surface area contributed by atoms with Gasteiger partial charge in [-0.3, -0.25) is 9.78 Å². The molecule has 0 aliphatic carbocycles. The number of rotatable bonds is 6. The van der Waals surface area contributed by atoms with Gasteiger partial charge in [0.15, 0.2) is 6.10 Å². The first kappa shape index (κ1) is 20.6. The van der Waals surface area contributed by atoms with Gasteiger partial charge in [0.1, 0.15) is 5.82 Å². The highest BCUT2D eigenvalue weighted by atomic mass is 35.5. The number of anilines is 1. The lowest BCUT2D eigenvalue weighted by Gasteiger charge is -2.16. The first-order chi connectivity index (χ1) is 15.0. The van der Waals surface area contributed by atoms with E-state index in [4.69, 9.17) is 16.3 Å². The van der Waals surface area contributed by atoms with Gasteiger partial charge in [0.2, 0.25) is 0 Å². The molecule has 2 heterocycles. The van der Waals surface area contributed by atoms with Crippen molar-refractivity contribution in [3.8, 4) is 11.4 Å². The first-order valence-electron chi connectivity index (χ1n) is 9.71. The molecular formula is C23H19ClN4O3. The Morgan fingerprint density at radius 2 is 1.97 bits per heavy atom. The van der Waals surface area contributed by atoms with E-state index in [0.717, 1.165) is 5.56 Å². The van der Waals surface area contributed by atoms with Crippen LogP contribution in [0.2, 0.25) is 5.02 Å². The number of hydrogen-bond donors (Lipinski definition) is 2. The molecule has 0 saturated heterocycles. The minimum absolute atomic E-state index is 0.326. The molecular weight excluding hydrogens is 416 g/mol. The fourth-order valence-corrected chi connectivity index (χ4v) is 3.18. The van der Waals surface area contributed by atoms with E-state index in [2.05, 4.69) is 20.3 Å². The number of halogens is 1. The molecule has 0 fully saturated rings. The average Bonchev–Trinajstić information content (AvgIpc) is 3.23. The highest BCUT2D eigenvalue weighted by Crippen LogP contribution is 2.21. The molecule has 1 atom stereocenters. The van der Waals surface area contributed by atoms with Crippen molar-refractivity contribution in [2.45, 2.75) is 19.4 Å². The number of fused-ring (bicyclic) bond motifs is 1. The van der Waals surface area contributed by atoms with Crippen molar-refractivity contribution in [2.75, 3.05) is 5.32 Å². The van der Waals surface area contributed by atoms with Crippen molar-refractivity contribution < 1.29 is 14.3 Å². The molecule has 0 aliphatic rings. The number of amides is 1. The summed E-state index contributed by atoms with van der Waals surface area (Å²) in [5.74, 6) is -0.334. The van der Waals surface area contributed by atoms with Crippen molar-refractivity contribution in [3.05, 3.63) is 77.6 Å². The molecule has 0 radical (unpaired) electrons. The van der Waals surface area contributed by atoms with Gasteiger partial charge in [-0.2, -0.15) is 0 Å². The second-order valence-corrected chi connectivity index (χ2v) is 7.29. The second-order valence-electron chi connectivity index (χ2n) is 6.86. The smallest absolute Gasteiger partial charge is 0.338 e. The zero-order chi connectivity index (χ0) is 21.8. The Labute approximate surface area is 183 Å². The van der Waals surface area contributed by atoms with Crippen molar-refractivity contribution >= 4 is 40.2 Å². The van der Waals surface area contributed by atoms with Gasteiger partial charge in [-0.25, -0.2) is 9.78 Å². The van der Waals surface area contributed by atoms with Crippen LogP contribution in [-0.2, 0) is 9.53 Å². The molecule has 0 bridgehead atoms. The van der Waals surface area contributed by atoms with Gasteiger partial charge in [0.25, 0.3) is 5.91 Å². The summed E-state index contributed by atoms with van der Waals surface area (Å²) >= 11 is 5.86. The average molecular weight is 435 g/mol. The predicted molar refractivity (Wildman–Crippen MR) is 119 cm³/mol. The number of H-pyrrole nitrogens is 1. The summed E-state index contributed by atoms with van der Waals surface area (Å²) in [5, 5.41) is 3.30. The van der Waals surface area contributed by atoms with Crippen LogP contribution in [0, 0.1) is 0 Å². The zero-order valence-corrected chi connectivity index (χ0v) is 17.4. The van der Waals surface area contributed by atoms with E-state index in [-0.39, 0.29) is 0 Å². The number of aromatic nitrogens is 3. The van der Waals surface area contributed by atoms with E-state index >= 15 is 0 Å². The summed E-state index contributed by atoms with van der Waals surface area (Å²) in [5.41, 5.74) is 3.14. The number of pyridine rings is 1. The number of imidazole rings is 1. The van der Waals surface area contributed by atoms with E-state index in [0.29, 0.717) is 39.6 Å². The van der Waals surface area contributed by atoms with Crippen LogP contribution in [0.4, 0.5) is 5.69 Å². The number of ether oxygens (including phenoxy) is 1. The van der Waals surface area contributed by atoms with Gasteiger partial charge < -0.3 is 15.0 Å². The molecule has 31 heavy (non-hydrogen) atoms. The Morgan fingerprint density at radius 1 is 1.16 bits per heavy atom. The third-order valence-corrected chi connectivity index (χ3v) is 4.93. The molecule has 1 amide bonds. The third-order valence-electron chi connectivity index (χ3n) is 4.68. The topological polar surface area (TPSA) is 97.0 Å². The van der Waals surface area contributed by atoms with Crippen LogP contribution in [0.1, 0.15) is 23.7 Å². The van der Waals surface area contributed by atoms with Crippen molar-refractivity contribution in [2.24, 2.45) is 0 Å². The fraction of sp³-hybridized carbons (Fsp3) is 0.130. The number of esters is 1. The maximum absolute atomic E-state index is 12.7. The summed E-state index contributed by atoms with van der Waals surface area (Å²) in [6.07, 6.45) is 2.81. The lowest BCUT2D eigenvalue weighted by Crippen LogP contribution is -2.32. The summed E-state index contributed by atoms with van der Waals surface area (Å²) in [6, 6.07) is 15.4. The minimum atomic E-state index is -0.924. The maximum Gasteiger partial charge on any atom is 0.338 e. The SMILES string of the molecule is CCC(OC(=O)c1ccc2nc(-c3cccnc3)[nH]c2c1)C(=O)Nc1ccc(Cl)cc1. The number of carbonyl (C=O) groups excluding carboxylic acids is 2. The van der Waals surface area contributed by atoms with E-state index in [1.54, 1.807) is 61.8 Å². The van der Waals surface area contributed by atoms with Crippen molar-refractivity contribution in [3.63, 3.8) is 0 Å². The largest absolute Gasteiger partial charge is 0.449 e. The zero-order valence-electron chi connectivity index (χ0n) is 16.6. The molecule has 2 N–H and O–H groups in total. The van der Waals surface area contributed by atoms with E-state index in [1.807, 2.05) is 12.1 Å². The van der Waals surface area contributed by atoms with Gasteiger partial charge in [0.05, 0.1) is 16.6 Å². The highest BCUT2D eigenvalue weighted by Gasteiger charge is 2.22. The number of carbonyl (C=O) groups is 2. The van der Waals surface area contributed by atoms with Crippen LogP contribution in [0.3, 0.4) is 0 Å². The van der Waals surface area contributed by atoms with Crippen LogP contribution in [-0.4, -0.2) is 32.9 Å². The van der Waals surface area contributed by atoms with Crippen LogP contribution in [0.15, 0.2) is 67.0 Å². The molecule has 2 aromatic carbocycles. The minimum Gasteiger partial charge on any atom is -0.449 e. The lowest BCUT2D eigenvalue weighted by molar-refractivity contribution is -0.124. The molecule has 156 valence electrons. The Morgan fingerprint density at radius 3 is 2.68 bits per heavy atom. The molecule has 0 saturated carbocycles. The quantitative estimate of drug-likeness (QED) is 0.423. The molecule has 2 aromatic heterocycles. The van der Waals surface area contributed by atoms with Gasteiger partial charge in [-0.05, 0) is 61.0 Å². The Balaban J connectivity index is 1.48. The van der Waals surface area contributed by atoms with Crippen LogP contribution < -0.4 is 5.32 Å². The number of hydrogen-bond acceptors (Lipinski definition) is 5.